The number of phenolic OH excluding ortho intramolecular Hbond substituents is 1. The van der Waals surface area contributed by atoms with Crippen molar-refractivity contribution in [1.29, 1.82) is 0 Å². The molecule has 1 heterocycles. The van der Waals surface area contributed by atoms with Crippen LogP contribution in [0.1, 0.15) is 16.7 Å². The molecule has 0 aliphatic carbocycles. The smallest absolute Gasteiger partial charge is 0.293 e. The van der Waals surface area contributed by atoms with Gasteiger partial charge in [-0.2, -0.15) is 0 Å². The van der Waals surface area contributed by atoms with Crippen molar-refractivity contribution in [2.45, 2.75) is 13.5 Å². The van der Waals surface area contributed by atoms with Gasteiger partial charge in [-0.15, -0.1) is 0 Å². The van der Waals surface area contributed by atoms with Gasteiger partial charge < -0.3 is 5.11 Å². The first kappa shape index (κ1) is 18.2. The second-order valence-corrected chi connectivity index (χ2v) is 8.35. The van der Waals surface area contributed by atoms with Gasteiger partial charge in [-0.05, 0) is 58.4 Å². The normalized spacial score (nSPS) is 16.1. The number of phenols is 1. The molecule has 7 heteroatoms. The van der Waals surface area contributed by atoms with E-state index in [2.05, 4.69) is 31.9 Å². The van der Waals surface area contributed by atoms with Gasteiger partial charge in [0, 0.05) is 10.0 Å². The molecule has 1 N–H and O–H groups in total. The Labute approximate surface area is 166 Å². The Bertz CT molecular complexity index is 911. The Kier molecular flexibility index (Phi) is 5.36. The van der Waals surface area contributed by atoms with Crippen LogP contribution in [0.4, 0.5) is 4.79 Å². The van der Waals surface area contributed by atoms with Gasteiger partial charge in [-0.3, -0.25) is 14.5 Å². The Morgan fingerprint density at radius 1 is 1.20 bits per heavy atom. The van der Waals surface area contributed by atoms with Crippen molar-refractivity contribution < 1.29 is 14.7 Å². The van der Waals surface area contributed by atoms with E-state index in [1.54, 1.807) is 12.1 Å². The first-order valence-corrected chi connectivity index (χ1v) is 9.74. The van der Waals surface area contributed by atoms with E-state index >= 15 is 0 Å². The molecular weight excluding hydrogens is 470 g/mol. The van der Waals surface area contributed by atoms with Crippen LogP contribution in [0.2, 0.25) is 0 Å². The summed E-state index contributed by atoms with van der Waals surface area (Å²) in [7, 11) is 0. The van der Waals surface area contributed by atoms with E-state index in [1.807, 2.05) is 31.2 Å². The van der Waals surface area contributed by atoms with Crippen molar-refractivity contribution in [2.24, 2.45) is 0 Å². The molecule has 2 amide bonds. The highest BCUT2D eigenvalue weighted by Gasteiger charge is 2.35. The highest BCUT2D eigenvalue weighted by molar-refractivity contribution is 9.11. The minimum absolute atomic E-state index is 0.0219. The molecule has 2 aromatic carbocycles. The summed E-state index contributed by atoms with van der Waals surface area (Å²) in [6.07, 6.45) is 1.53. The Morgan fingerprint density at radius 3 is 2.68 bits per heavy atom. The first-order chi connectivity index (χ1) is 11.8. The standard InChI is InChI=1S/C18H13Br2NO3S/c1-10-3-2-4-11(5-10)9-21-17(23)15(25-18(21)24)7-12-6-13(19)8-14(20)16(12)22/h2-8,22H,9H2,1H3/b15-7-. The van der Waals surface area contributed by atoms with Crippen molar-refractivity contribution in [2.75, 3.05) is 0 Å². The van der Waals surface area contributed by atoms with Gasteiger partial charge in [-0.25, -0.2) is 0 Å². The number of nitrogens with zero attached hydrogens (tertiary/aromatic N) is 1. The van der Waals surface area contributed by atoms with E-state index < -0.39 is 0 Å². The predicted octanol–water partition coefficient (Wildman–Crippen LogP) is 5.46. The van der Waals surface area contributed by atoms with Crippen LogP contribution < -0.4 is 0 Å². The predicted molar refractivity (Wildman–Crippen MR) is 106 cm³/mol. The Balaban J connectivity index is 1.89. The van der Waals surface area contributed by atoms with Crippen LogP contribution in [0.5, 0.6) is 5.75 Å². The van der Waals surface area contributed by atoms with Crippen molar-refractivity contribution in [3.63, 3.8) is 0 Å². The lowest BCUT2D eigenvalue weighted by Gasteiger charge is -2.12. The molecule has 1 saturated heterocycles. The molecule has 0 spiro atoms. The fourth-order valence-electron chi connectivity index (χ4n) is 2.47. The minimum atomic E-state index is -0.355. The largest absolute Gasteiger partial charge is 0.506 e. The van der Waals surface area contributed by atoms with Crippen LogP contribution in [0.15, 0.2) is 50.2 Å². The Hall–Kier alpha value is -1.57. The zero-order chi connectivity index (χ0) is 18.1. The lowest BCUT2D eigenvalue weighted by atomic mass is 10.1. The van der Waals surface area contributed by atoms with Gasteiger partial charge in [0.25, 0.3) is 11.1 Å². The summed E-state index contributed by atoms with van der Waals surface area (Å²) in [4.78, 5) is 26.3. The van der Waals surface area contributed by atoms with Crippen LogP contribution in [-0.4, -0.2) is 21.2 Å². The summed E-state index contributed by atoms with van der Waals surface area (Å²) in [6, 6.07) is 11.1. The van der Waals surface area contributed by atoms with E-state index in [-0.39, 0.29) is 28.3 Å². The van der Waals surface area contributed by atoms with Gasteiger partial charge in [0.15, 0.2) is 0 Å². The lowest BCUT2D eigenvalue weighted by Crippen LogP contribution is -2.27. The number of carbonyl (C=O) groups is 2. The maximum Gasteiger partial charge on any atom is 0.293 e. The fourth-order valence-corrected chi connectivity index (χ4v) is 4.55. The van der Waals surface area contributed by atoms with Crippen molar-refractivity contribution in [1.82, 2.24) is 4.90 Å². The maximum absolute atomic E-state index is 12.6. The molecule has 1 aliphatic rings. The summed E-state index contributed by atoms with van der Waals surface area (Å²) in [5, 5.41) is 9.82. The van der Waals surface area contributed by atoms with Crippen LogP contribution in [-0.2, 0) is 11.3 Å². The summed E-state index contributed by atoms with van der Waals surface area (Å²) < 4.78 is 1.26. The molecular formula is C18H13Br2NO3S. The van der Waals surface area contributed by atoms with Gasteiger partial charge in [0.05, 0.1) is 15.9 Å². The average Bonchev–Trinajstić information content (AvgIpc) is 2.80. The fraction of sp³-hybridized carbons (Fsp3) is 0.111. The molecule has 25 heavy (non-hydrogen) atoms. The van der Waals surface area contributed by atoms with Crippen LogP contribution in [0.25, 0.3) is 6.08 Å². The highest BCUT2D eigenvalue weighted by Crippen LogP contribution is 2.38. The van der Waals surface area contributed by atoms with E-state index in [1.165, 1.54) is 11.0 Å². The molecule has 0 saturated carbocycles. The monoisotopic (exact) mass is 481 g/mol. The number of aromatic hydroxyl groups is 1. The third-order valence-corrected chi connectivity index (χ3v) is 5.61. The van der Waals surface area contributed by atoms with E-state index in [0.29, 0.717) is 10.0 Å². The summed E-state index contributed by atoms with van der Waals surface area (Å²) in [5.41, 5.74) is 2.43. The first-order valence-electron chi connectivity index (χ1n) is 7.34. The van der Waals surface area contributed by atoms with Crippen molar-refractivity contribution in [3.8, 4) is 5.75 Å². The summed E-state index contributed by atoms with van der Waals surface area (Å²) in [5.74, 6) is -0.333. The van der Waals surface area contributed by atoms with Gasteiger partial charge in [0.1, 0.15) is 5.75 Å². The Morgan fingerprint density at radius 2 is 1.96 bits per heavy atom. The third kappa shape index (κ3) is 3.99. The highest BCUT2D eigenvalue weighted by atomic mass is 79.9. The van der Waals surface area contributed by atoms with Gasteiger partial charge in [0.2, 0.25) is 0 Å². The van der Waals surface area contributed by atoms with Crippen LogP contribution in [0, 0.1) is 6.92 Å². The second-order valence-electron chi connectivity index (χ2n) is 5.58. The number of rotatable bonds is 3. The van der Waals surface area contributed by atoms with Crippen molar-refractivity contribution >= 4 is 60.8 Å². The molecule has 0 atom stereocenters. The number of imide groups is 1. The summed E-state index contributed by atoms with van der Waals surface area (Å²) in [6.45, 7) is 2.20. The van der Waals surface area contributed by atoms with E-state index in [9.17, 15) is 14.7 Å². The molecule has 1 fully saturated rings. The molecule has 0 bridgehead atoms. The average molecular weight is 483 g/mol. The molecule has 128 valence electrons. The van der Waals surface area contributed by atoms with Crippen LogP contribution >= 0.6 is 43.6 Å². The van der Waals surface area contributed by atoms with Gasteiger partial charge >= 0.3 is 0 Å². The molecule has 0 unspecified atom stereocenters. The number of benzene rings is 2. The SMILES string of the molecule is Cc1cccc(CN2C(=O)S/C(=C\c3cc(Br)cc(Br)c3O)C2=O)c1. The topological polar surface area (TPSA) is 57.6 Å². The second kappa shape index (κ2) is 7.35. The molecule has 1 aliphatic heterocycles. The molecule has 4 nitrogen and oxygen atoms in total. The molecule has 0 radical (unpaired) electrons. The zero-order valence-electron chi connectivity index (χ0n) is 13.1. The van der Waals surface area contributed by atoms with E-state index in [4.69, 9.17) is 0 Å². The van der Waals surface area contributed by atoms with E-state index in [0.717, 1.165) is 27.4 Å². The number of halogens is 2. The summed E-state index contributed by atoms with van der Waals surface area (Å²) >= 11 is 7.48. The van der Waals surface area contributed by atoms with Gasteiger partial charge in [-0.1, -0.05) is 45.8 Å². The zero-order valence-corrected chi connectivity index (χ0v) is 17.1. The van der Waals surface area contributed by atoms with Crippen LogP contribution in [0.3, 0.4) is 0 Å². The molecule has 2 aromatic rings. The third-order valence-electron chi connectivity index (χ3n) is 3.64. The quantitative estimate of drug-likeness (QED) is 0.590. The molecule has 3 rings (SSSR count). The lowest BCUT2D eigenvalue weighted by molar-refractivity contribution is -0.123. The number of carbonyl (C=O) groups excluding carboxylic acids is 2. The minimum Gasteiger partial charge on any atom is -0.506 e. The number of hydrogen-bond donors (Lipinski definition) is 1. The number of thioether (sulfide) groups is 1. The number of aryl methyl sites for hydroxylation is 1. The van der Waals surface area contributed by atoms with Crippen molar-refractivity contribution in [3.05, 3.63) is 66.9 Å². The maximum atomic E-state index is 12.6. The number of hydrogen-bond acceptors (Lipinski definition) is 4. The molecule has 0 aromatic heterocycles. The number of amides is 2.